The Morgan fingerprint density at radius 2 is 1.78 bits per heavy atom. The molecule has 4 aliphatic rings. The third kappa shape index (κ3) is 4.44. The van der Waals surface area contributed by atoms with Crippen molar-refractivity contribution in [2.45, 2.75) is 29.2 Å². The first-order valence-electron chi connectivity index (χ1n) is 14.4. The highest BCUT2D eigenvalue weighted by atomic mass is 35.5. The van der Waals surface area contributed by atoms with Crippen LogP contribution >= 0.6 is 34.7 Å². The van der Waals surface area contributed by atoms with E-state index in [9.17, 15) is 28.9 Å². The van der Waals surface area contributed by atoms with Gasteiger partial charge in [-0.1, -0.05) is 35.1 Å². The zero-order valence-electron chi connectivity index (χ0n) is 23.2. The molecule has 2 aliphatic heterocycles. The van der Waals surface area contributed by atoms with Crippen LogP contribution in [0.3, 0.4) is 0 Å². The van der Waals surface area contributed by atoms with E-state index >= 15 is 0 Å². The average Bonchev–Trinajstić information content (AvgIpc) is 3.75. The number of H-pyrrole nitrogens is 1. The predicted octanol–water partition coefficient (Wildman–Crippen LogP) is 6.39. The number of rotatable bonds is 6. The molecule has 45 heavy (non-hydrogen) atoms. The third-order valence-electron chi connectivity index (χ3n) is 9.63. The molecular weight excluding hydrogens is 641 g/mol. The second kappa shape index (κ2) is 10.5. The predicted molar refractivity (Wildman–Crippen MR) is 166 cm³/mol. The number of nitro benzene ring substituents is 1. The van der Waals surface area contributed by atoms with Crippen LogP contribution in [0.5, 0.6) is 5.75 Å². The van der Waals surface area contributed by atoms with Crippen LogP contribution in [0.15, 0.2) is 76.6 Å². The zero-order valence-corrected chi connectivity index (χ0v) is 25.6. The van der Waals surface area contributed by atoms with Crippen LogP contribution in [-0.2, 0) is 16.2 Å². The Morgan fingerprint density at radius 1 is 1.02 bits per heavy atom. The van der Waals surface area contributed by atoms with Crippen LogP contribution in [0, 0.1) is 45.5 Å². The highest BCUT2D eigenvalue weighted by Crippen LogP contribution is 2.69. The molecule has 0 radical (unpaired) electrons. The molecule has 3 fully saturated rings. The summed E-state index contributed by atoms with van der Waals surface area (Å²) in [6, 6.07) is 17.0. The Balaban J connectivity index is 1.22. The molecule has 7 atom stereocenters. The molecule has 2 bridgehead atoms. The van der Waals surface area contributed by atoms with Crippen LogP contribution < -0.4 is 14.5 Å². The minimum Gasteiger partial charge on any atom is -0.489 e. The number of ether oxygens (including phenoxy) is 1. The van der Waals surface area contributed by atoms with E-state index in [1.165, 1.54) is 53.1 Å². The Kier molecular flexibility index (Phi) is 6.66. The molecule has 2 amide bonds. The van der Waals surface area contributed by atoms with Gasteiger partial charge in [0, 0.05) is 38.8 Å². The summed E-state index contributed by atoms with van der Waals surface area (Å²) >= 11 is 8.76. The van der Waals surface area contributed by atoms with Gasteiger partial charge in [-0.05, 0) is 72.2 Å². The molecule has 0 spiro atoms. The lowest BCUT2D eigenvalue weighted by Crippen LogP contribution is -2.42. The lowest BCUT2D eigenvalue weighted by molar-refractivity contribution is -0.385. The number of fused-ring (bicyclic) bond motifs is 9. The molecule has 8 rings (SSSR count). The number of nitro groups is 1. The third-order valence-corrected chi connectivity index (χ3v) is 12.5. The number of thiazole rings is 1. The van der Waals surface area contributed by atoms with Crippen molar-refractivity contribution in [2.75, 3.05) is 4.90 Å². The van der Waals surface area contributed by atoms with Crippen molar-refractivity contribution in [1.29, 1.82) is 0 Å². The monoisotopic (exact) mass is 663 g/mol. The number of aromatic nitrogens is 1. The first-order chi connectivity index (χ1) is 21.7. The van der Waals surface area contributed by atoms with E-state index in [-0.39, 0.29) is 52.0 Å². The molecular formula is C32H23ClFN3O6S2. The molecule has 4 aromatic rings. The van der Waals surface area contributed by atoms with Crippen LogP contribution in [0.2, 0.25) is 5.02 Å². The number of thioether (sulfide) groups is 1. The smallest absolute Gasteiger partial charge is 0.305 e. The van der Waals surface area contributed by atoms with Gasteiger partial charge in [-0.2, -0.15) is 0 Å². The molecule has 2 saturated carbocycles. The van der Waals surface area contributed by atoms with Crippen molar-refractivity contribution in [2.24, 2.45) is 29.6 Å². The maximum Gasteiger partial charge on any atom is 0.305 e. The van der Waals surface area contributed by atoms with Gasteiger partial charge in [0.05, 0.1) is 27.5 Å². The molecule has 228 valence electrons. The van der Waals surface area contributed by atoms with Crippen LogP contribution in [0.25, 0.3) is 0 Å². The zero-order chi connectivity index (χ0) is 31.1. The largest absolute Gasteiger partial charge is 0.489 e. The Hall–Kier alpha value is -4.00. The number of imide groups is 1. The van der Waals surface area contributed by atoms with E-state index in [2.05, 4.69) is 4.98 Å². The molecule has 3 aromatic carbocycles. The highest BCUT2D eigenvalue weighted by molar-refractivity contribution is 8.00. The number of aromatic amines is 1. The molecule has 1 N–H and O–H groups in total. The van der Waals surface area contributed by atoms with Gasteiger partial charge in [0.15, 0.2) is 0 Å². The molecule has 0 unspecified atom stereocenters. The summed E-state index contributed by atoms with van der Waals surface area (Å²) in [5.74, 6) is -2.77. The van der Waals surface area contributed by atoms with Gasteiger partial charge in [0.25, 0.3) is 5.69 Å². The number of amides is 2. The lowest BCUT2D eigenvalue weighted by atomic mass is 9.68. The normalized spacial score (nSPS) is 27.8. The summed E-state index contributed by atoms with van der Waals surface area (Å²) in [6.45, 7) is 0.160. The molecule has 1 aromatic heterocycles. The number of hydrogen-bond acceptors (Lipinski definition) is 8. The first-order valence-corrected chi connectivity index (χ1v) is 16.5. The van der Waals surface area contributed by atoms with Crippen LogP contribution in [-0.4, -0.2) is 27.0 Å². The van der Waals surface area contributed by atoms with Gasteiger partial charge in [0.1, 0.15) is 18.2 Å². The quantitative estimate of drug-likeness (QED) is 0.144. The van der Waals surface area contributed by atoms with Gasteiger partial charge >= 0.3 is 4.87 Å². The van der Waals surface area contributed by atoms with Crippen molar-refractivity contribution < 1.29 is 23.6 Å². The van der Waals surface area contributed by atoms with E-state index < -0.39 is 28.5 Å². The molecule has 2 aliphatic carbocycles. The number of halogens is 2. The summed E-state index contributed by atoms with van der Waals surface area (Å²) in [7, 11) is 0. The number of nitrogens with one attached hydrogen (secondary N) is 1. The van der Waals surface area contributed by atoms with E-state index in [1.807, 2.05) is 12.1 Å². The first kappa shape index (κ1) is 28.5. The lowest BCUT2D eigenvalue weighted by Gasteiger charge is -2.43. The van der Waals surface area contributed by atoms with Crippen LogP contribution in [0.4, 0.5) is 15.8 Å². The minimum atomic E-state index is -0.580. The average molecular weight is 664 g/mol. The number of carbonyl (C=O) groups is 2. The number of nitrogens with zero attached hydrogens (tertiary/aromatic N) is 2. The van der Waals surface area contributed by atoms with Gasteiger partial charge < -0.3 is 9.72 Å². The molecule has 1 saturated heterocycles. The van der Waals surface area contributed by atoms with Gasteiger partial charge in [0.2, 0.25) is 11.8 Å². The summed E-state index contributed by atoms with van der Waals surface area (Å²) in [6.07, 6.45) is 0.649. The van der Waals surface area contributed by atoms with Crippen LogP contribution in [0.1, 0.15) is 28.3 Å². The fourth-order valence-electron chi connectivity index (χ4n) is 8.02. The number of benzene rings is 3. The Labute approximate surface area is 268 Å². The van der Waals surface area contributed by atoms with Gasteiger partial charge in [-0.25, -0.2) is 4.39 Å². The van der Waals surface area contributed by atoms with Crippen molar-refractivity contribution in [3.05, 3.63) is 113 Å². The molecule has 9 nitrogen and oxygen atoms in total. The SMILES string of the molecule is O=C1[C@H]2[C@H]3C[C@@H]([C@@H]2C(=O)N1c1ccc(F)cc1)[C@H]1[C@H](c2cc([N+](=O)[O-])ccc2OCc2cccc(Cl)c2)c2sc(=O)[nH]c2S[C@H]31. The number of non-ortho nitro benzene ring substituents is 1. The summed E-state index contributed by atoms with van der Waals surface area (Å²) in [4.78, 5) is 56.6. The number of anilines is 1. The van der Waals surface area contributed by atoms with Crippen molar-refractivity contribution in [3.63, 3.8) is 0 Å². The summed E-state index contributed by atoms with van der Waals surface area (Å²) in [5, 5.41) is 13.1. The molecule has 13 heteroatoms. The number of carbonyl (C=O) groups excluding carboxylic acids is 2. The van der Waals surface area contributed by atoms with Crippen molar-refractivity contribution in [3.8, 4) is 5.75 Å². The second-order valence-electron chi connectivity index (χ2n) is 11.8. The number of hydrogen-bond donors (Lipinski definition) is 1. The maximum absolute atomic E-state index is 14.0. The molecule has 3 heterocycles. The Bertz CT molecular complexity index is 1960. The summed E-state index contributed by atoms with van der Waals surface area (Å²) in [5.41, 5.74) is 1.60. The fraction of sp³-hybridized carbons (Fsp3) is 0.281. The topological polar surface area (TPSA) is 123 Å². The Morgan fingerprint density at radius 3 is 2.51 bits per heavy atom. The van der Waals surface area contributed by atoms with E-state index in [4.69, 9.17) is 16.3 Å². The minimum absolute atomic E-state index is 0.116. The standard InChI is InChI=1S/C32H23ClFN3O6S2/c33-15-3-1-2-14(10-15)13-43-22-9-8-18(37(41)42)11-19(22)23-24-20-12-21(27(24)44-29-28(23)45-32(40)35-29)26-25(20)30(38)36(31(26)39)17-6-4-16(34)5-7-17/h1-11,20-21,23-27H,12-13H2,(H,35,40)/t20-,21-,23+,24+,25+,26+,27-/m1/s1. The van der Waals surface area contributed by atoms with E-state index in [0.717, 1.165) is 21.8 Å². The van der Waals surface area contributed by atoms with Gasteiger partial charge in [-0.3, -0.25) is 29.4 Å². The second-order valence-corrected chi connectivity index (χ2v) is 14.5. The van der Waals surface area contributed by atoms with E-state index in [0.29, 0.717) is 33.5 Å². The van der Waals surface area contributed by atoms with Crippen molar-refractivity contribution >= 4 is 57.9 Å². The van der Waals surface area contributed by atoms with E-state index in [1.54, 1.807) is 18.2 Å². The highest BCUT2D eigenvalue weighted by Gasteiger charge is 2.70. The van der Waals surface area contributed by atoms with Crippen molar-refractivity contribution in [1.82, 2.24) is 4.98 Å². The fourth-order valence-corrected chi connectivity index (χ4v) is 11.1. The summed E-state index contributed by atoms with van der Waals surface area (Å²) < 4.78 is 20.0. The maximum atomic E-state index is 14.0. The van der Waals surface area contributed by atoms with Gasteiger partial charge in [-0.15, -0.1) is 11.8 Å².